The largest absolute Gasteiger partial charge is 0.491 e. The smallest absolute Gasteiger partial charge is 0.490 e. The van der Waals surface area contributed by atoms with Gasteiger partial charge >= 0.3 is 35.1 Å². The summed E-state index contributed by atoms with van der Waals surface area (Å²) in [5, 5.41) is 31.1. The number of anilines is 2. The molecule has 0 spiro atoms. The Morgan fingerprint density at radius 3 is 2.21 bits per heavy atom. The van der Waals surface area contributed by atoms with E-state index in [2.05, 4.69) is 66.0 Å². The van der Waals surface area contributed by atoms with E-state index in [1.165, 1.54) is 30.3 Å². The molecule has 4 aromatic rings. The third-order valence-electron chi connectivity index (χ3n) is 12.7. The zero-order chi connectivity index (χ0) is 71.4. The quantitative estimate of drug-likeness (QED) is 0.00284. The van der Waals surface area contributed by atoms with Crippen molar-refractivity contribution in [2.75, 3.05) is 64.1 Å². The van der Waals surface area contributed by atoms with Gasteiger partial charge in [-0.1, -0.05) is 23.0 Å². The number of phosphoric acid groups is 3. The van der Waals surface area contributed by atoms with Gasteiger partial charge in [0, 0.05) is 63.2 Å². The van der Waals surface area contributed by atoms with Crippen LogP contribution in [0, 0.1) is 17.3 Å². The minimum Gasteiger partial charge on any atom is -0.491 e. The molecule has 3 amide bonds. The molecule has 0 radical (unpaired) electrons. The summed E-state index contributed by atoms with van der Waals surface area (Å²) in [4.78, 5) is 108. The minimum atomic E-state index is -5.94. The fourth-order valence-electron chi connectivity index (χ4n) is 8.87. The van der Waals surface area contributed by atoms with Crippen molar-refractivity contribution >= 4 is 89.9 Å². The predicted molar refractivity (Wildman–Crippen MR) is 321 cm³/mol. The van der Waals surface area contributed by atoms with Crippen molar-refractivity contribution in [3.63, 3.8) is 0 Å². The first-order chi connectivity index (χ1) is 45.5. The standard InChI is InChI=1S/C49H50FN14O28P3S2/c50-48(61-63-55)89-34-19-38(88-35(34)21-87-94(74,75)92-95(76,77)91-93(71,72)73)64-20-26(44(53)59-49(64)70)4-2-12-56-36(65)22-84-15-16-85-37(60-62-54)23-86-27-5-1-3-24(17-27)45(66)57-13-14-58-46(67)25-6-7-28(47(68)69)31(18-25)39-29-8-10-32(51)42(96(78,79)80)40(29)90-41-30(39)9-11-33(52)43(41)97(81,82)83/h1,3,5-11,17-18,20,34-35,37-38,48,51H,12-16,19,21-23,52H2,(H,56,65)(H,57,66)(H,58,67)(H,68,69)(H,74,75)(H,76,77)(H2,53,59,70)(H2,71,72,73)(H,78,79,80)(H,81,82,83)/t34?,35-,37?,38-,48-/m1/s1. The van der Waals surface area contributed by atoms with Gasteiger partial charge in [0.25, 0.3) is 38.5 Å². The zero-order valence-electron chi connectivity index (χ0n) is 48.7. The molecule has 1 aliphatic carbocycles. The Labute approximate surface area is 541 Å². The number of carbonyl (C=O) groups is 4. The number of hydrogen-bond donors (Lipinski definition) is 13. The predicted octanol–water partition coefficient (Wildman–Crippen LogP) is 2.55. The van der Waals surface area contributed by atoms with Gasteiger partial charge < -0.3 is 80.2 Å². The van der Waals surface area contributed by atoms with Crippen molar-refractivity contribution in [2.24, 2.45) is 10.2 Å². The number of aromatic carboxylic acids is 1. The van der Waals surface area contributed by atoms with Gasteiger partial charge in [0.05, 0.1) is 54.6 Å². The van der Waals surface area contributed by atoms with E-state index in [1.807, 2.05) is 0 Å². The number of benzene rings is 4. The van der Waals surface area contributed by atoms with Crippen LogP contribution in [-0.2, 0) is 70.8 Å². The van der Waals surface area contributed by atoms with E-state index >= 15 is 0 Å². The summed E-state index contributed by atoms with van der Waals surface area (Å²) >= 11 is 0. The Hall–Kier alpha value is -9.31. The number of nitrogens with one attached hydrogen (secondary N) is 4. The molecule has 4 unspecified atom stereocenters. The summed E-state index contributed by atoms with van der Waals surface area (Å²) in [6.45, 7) is -6.03. The van der Waals surface area contributed by atoms with Gasteiger partial charge in [-0.2, -0.15) is 30.4 Å². The number of fused-ring (bicyclic) bond motifs is 2. The molecule has 7 atom stereocenters. The molecule has 0 saturated carbocycles. The molecule has 3 aromatic carbocycles. The fourth-order valence-corrected chi connectivity index (χ4v) is 13.4. The molecule has 97 heavy (non-hydrogen) atoms. The molecule has 1 saturated heterocycles. The van der Waals surface area contributed by atoms with Crippen molar-refractivity contribution in [3.8, 4) is 40.0 Å². The van der Waals surface area contributed by atoms with Crippen LogP contribution in [0.4, 0.5) is 15.9 Å². The number of nitrogens with two attached hydrogens (primary N) is 2. The Kier molecular flexibility index (Phi) is 24.5. The molecule has 42 nitrogen and oxygen atoms in total. The SMILES string of the molecule is [N-]=[N+]=NC(COc1cccc(C(=O)NCCNC(=O)c2ccc(C(=O)O)c(-c3c4ccc(=N)c(S(=O)(=O)O)c-4oc4c(S(=O)(=O)O)c(N)ccc34)c2)c1)OCCOCC(=O)NCC#Cc1cn([C@H]2CC(O[C@H](F)N=[N+]=[N-])[C@@H](COP(=O)(O)OP(=O)(O)OP(=O)(O)O)O2)c(=O)nc1N. The number of carbonyl (C=O) groups excluding carboxylic acids is 3. The van der Waals surface area contributed by atoms with Crippen LogP contribution >= 0.6 is 23.5 Å². The number of nitrogen functional groups attached to an aromatic ring is 2. The van der Waals surface area contributed by atoms with Crippen LogP contribution in [-0.4, -0.2) is 161 Å². The number of ether oxygens (including phenoxy) is 5. The summed E-state index contributed by atoms with van der Waals surface area (Å²) in [5.74, 6) is 0.198. The molecule has 1 fully saturated rings. The minimum absolute atomic E-state index is 0.0616. The van der Waals surface area contributed by atoms with Crippen molar-refractivity contribution in [1.29, 1.82) is 5.41 Å². The number of halogens is 1. The summed E-state index contributed by atoms with van der Waals surface area (Å²) in [6, 6.07) is 13.1. The van der Waals surface area contributed by atoms with E-state index in [0.717, 1.165) is 47.2 Å². The number of amides is 3. The molecular weight excluding hydrogens is 1410 g/mol. The van der Waals surface area contributed by atoms with Crippen molar-refractivity contribution in [2.45, 2.75) is 47.4 Å². The number of carboxylic acid groups (broad SMARTS) is 1. The second kappa shape index (κ2) is 31.7. The lowest BCUT2D eigenvalue weighted by atomic mass is 9.89. The normalized spacial score (nSPS) is 16.6. The first kappa shape index (κ1) is 75.1. The van der Waals surface area contributed by atoms with Gasteiger partial charge in [-0.25, -0.2) is 27.7 Å². The van der Waals surface area contributed by atoms with E-state index in [0.29, 0.717) is 0 Å². The zero-order valence-corrected chi connectivity index (χ0v) is 53.0. The molecular formula is C49H50FN14O28P3S2. The second-order valence-electron chi connectivity index (χ2n) is 19.3. The van der Waals surface area contributed by atoms with Crippen LogP contribution < -0.4 is 43.2 Å². The third-order valence-corrected chi connectivity index (χ3v) is 18.4. The van der Waals surface area contributed by atoms with Gasteiger partial charge in [-0.15, -0.1) is 0 Å². The molecule has 3 heterocycles. The Bertz CT molecular complexity index is 4730. The molecule has 2 aliphatic heterocycles. The maximum absolute atomic E-state index is 14.2. The Balaban J connectivity index is 0.879. The molecule has 518 valence electrons. The van der Waals surface area contributed by atoms with Crippen molar-refractivity contribution in [1.82, 2.24) is 25.5 Å². The van der Waals surface area contributed by atoms with Gasteiger partial charge in [0.2, 0.25) is 5.91 Å². The fraction of sp³-hybridized carbons (Fsp3) is 0.286. The first-order valence-corrected chi connectivity index (χ1v) is 34.0. The molecule has 0 bridgehead atoms. The molecule has 1 aromatic heterocycles. The summed E-state index contributed by atoms with van der Waals surface area (Å²) < 4.78 is 165. The highest BCUT2D eigenvalue weighted by atomic mass is 32.2. The van der Waals surface area contributed by atoms with Gasteiger partial charge in [0.1, 0.15) is 37.1 Å². The highest BCUT2D eigenvalue weighted by Crippen LogP contribution is 2.66. The highest BCUT2D eigenvalue weighted by Gasteiger charge is 2.44. The van der Waals surface area contributed by atoms with Crippen molar-refractivity contribution in [3.05, 3.63) is 132 Å². The third kappa shape index (κ3) is 20.4. The number of azide groups is 2. The lowest BCUT2D eigenvalue weighted by molar-refractivity contribution is -0.126. The number of aromatic nitrogens is 2. The topological polar surface area (TPSA) is 661 Å². The summed E-state index contributed by atoms with van der Waals surface area (Å²) in [5.41, 5.74) is 25.3. The number of phosphoric ester groups is 1. The number of carboxylic acids is 1. The number of rotatable bonds is 31. The van der Waals surface area contributed by atoms with Gasteiger partial charge in [-0.05, 0) is 82.4 Å². The number of nitrogens with zero attached hydrogens (tertiary/aromatic N) is 8. The van der Waals surface area contributed by atoms with Crippen molar-refractivity contribution < 1.29 is 129 Å². The molecule has 7 rings (SSSR count). The van der Waals surface area contributed by atoms with Crippen LogP contribution in [0.3, 0.4) is 0 Å². The summed E-state index contributed by atoms with van der Waals surface area (Å²) in [7, 11) is -28.0. The highest BCUT2D eigenvalue weighted by molar-refractivity contribution is 7.86. The molecule has 3 aliphatic rings. The van der Waals surface area contributed by atoms with Gasteiger partial charge in [0.15, 0.2) is 27.4 Å². The van der Waals surface area contributed by atoms with E-state index in [-0.39, 0.29) is 84.0 Å². The van der Waals surface area contributed by atoms with Crippen LogP contribution in [0.15, 0.2) is 102 Å². The second-order valence-corrected chi connectivity index (χ2v) is 26.5. The van der Waals surface area contributed by atoms with Crippen LogP contribution in [0.25, 0.3) is 54.3 Å². The lowest BCUT2D eigenvalue weighted by Gasteiger charge is -2.21. The van der Waals surface area contributed by atoms with Gasteiger partial charge in [-0.3, -0.25) is 38.0 Å². The van der Waals surface area contributed by atoms with Crippen LogP contribution in [0.2, 0.25) is 0 Å². The van der Waals surface area contributed by atoms with E-state index in [4.69, 9.17) is 65.8 Å². The lowest BCUT2D eigenvalue weighted by Crippen LogP contribution is -2.34. The number of alkyl halides is 1. The van der Waals surface area contributed by atoms with Crippen LogP contribution in [0.1, 0.15) is 49.3 Å². The maximum Gasteiger partial charge on any atom is 0.490 e. The molecule has 48 heteroatoms. The molecule has 15 N–H and O–H groups in total. The average Bonchev–Trinajstić information content (AvgIpc) is 1.11. The average molecular weight is 1460 g/mol. The first-order valence-electron chi connectivity index (χ1n) is 26.6. The Morgan fingerprint density at radius 2 is 1.56 bits per heavy atom. The van der Waals surface area contributed by atoms with E-state index in [9.17, 15) is 82.9 Å². The van der Waals surface area contributed by atoms with Crippen LogP contribution in [0.5, 0.6) is 5.75 Å². The summed E-state index contributed by atoms with van der Waals surface area (Å²) in [6.07, 6.45) is -5.50. The van der Waals surface area contributed by atoms with E-state index < -0.39 is 167 Å². The monoisotopic (exact) mass is 1460 g/mol. The maximum atomic E-state index is 14.2. The van der Waals surface area contributed by atoms with E-state index in [1.54, 1.807) is 0 Å². The Morgan fingerprint density at radius 1 is 0.876 bits per heavy atom. The number of hydrogen-bond acceptors (Lipinski definition) is 27.